The number of hydrogen-bond donors (Lipinski definition) is 2. The van der Waals surface area contributed by atoms with Crippen LogP contribution in [0.5, 0.6) is 0 Å². The lowest BCUT2D eigenvalue weighted by atomic mass is 10.0. The summed E-state index contributed by atoms with van der Waals surface area (Å²) < 4.78 is 0. The van der Waals surface area contributed by atoms with E-state index < -0.39 is 0 Å². The quantitative estimate of drug-likeness (QED) is 0.679. The average Bonchev–Trinajstić information content (AvgIpc) is 2.37. The molecule has 0 saturated heterocycles. The molecule has 96 valence electrons. The minimum Gasteiger partial charge on any atom is -0.330 e. The molecule has 1 rings (SSSR count). The van der Waals surface area contributed by atoms with Crippen LogP contribution in [0.15, 0.2) is 24.3 Å². The van der Waals surface area contributed by atoms with Gasteiger partial charge in [-0.05, 0) is 50.4 Å². The third-order valence-electron chi connectivity index (χ3n) is 3.13. The second kappa shape index (κ2) is 8.26. The van der Waals surface area contributed by atoms with Crippen LogP contribution < -0.4 is 11.1 Å². The minimum atomic E-state index is 0.418. The van der Waals surface area contributed by atoms with Crippen LogP contribution in [-0.2, 0) is 6.42 Å². The van der Waals surface area contributed by atoms with E-state index in [2.05, 4.69) is 43.4 Å². The van der Waals surface area contributed by atoms with Crippen molar-refractivity contribution in [1.82, 2.24) is 5.32 Å². The minimum absolute atomic E-state index is 0.418. The number of rotatable bonds is 8. The van der Waals surface area contributed by atoms with Gasteiger partial charge >= 0.3 is 0 Å². The number of nitrogens with two attached hydrogens (primary N) is 1. The van der Waals surface area contributed by atoms with Gasteiger partial charge in [-0.1, -0.05) is 37.6 Å². The van der Waals surface area contributed by atoms with Crippen LogP contribution in [0.4, 0.5) is 0 Å². The van der Waals surface area contributed by atoms with Crippen LogP contribution in [-0.4, -0.2) is 13.1 Å². The Balaban J connectivity index is 2.43. The highest BCUT2D eigenvalue weighted by molar-refractivity contribution is 5.24. The zero-order valence-electron chi connectivity index (χ0n) is 11.2. The van der Waals surface area contributed by atoms with Gasteiger partial charge in [0.1, 0.15) is 0 Å². The molecule has 0 radical (unpaired) electrons. The van der Waals surface area contributed by atoms with Crippen LogP contribution in [0.3, 0.4) is 0 Å². The summed E-state index contributed by atoms with van der Waals surface area (Å²) in [5, 5.41) is 3.48. The molecule has 1 aromatic rings. The summed E-state index contributed by atoms with van der Waals surface area (Å²) in [5.41, 5.74) is 8.29. The number of aryl methyl sites for hydroxylation is 1. The Morgan fingerprint density at radius 1 is 1.18 bits per heavy atom. The average molecular weight is 234 g/mol. The van der Waals surface area contributed by atoms with E-state index in [1.54, 1.807) is 0 Å². The lowest BCUT2D eigenvalue weighted by Gasteiger charge is -2.14. The van der Waals surface area contributed by atoms with Crippen LogP contribution >= 0.6 is 0 Å². The van der Waals surface area contributed by atoms with E-state index >= 15 is 0 Å². The smallest absolute Gasteiger partial charge is 0.0291 e. The second-order valence-electron chi connectivity index (χ2n) is 4.66. The van der Waals surface area contributed by atoms with Crippen molar-refractivity contribution in [2.45, 2.75) is 45.6 Å². The molecule has 1 atom stereocenters. The molecule has 0 amide bonds. The van der Waals surface area contributed by atoms with E-state index in [4.69, 9.17) is 5.73 Å². The van der Waals surface area contributed by atoms with Crippen molar-refractivity contribution < 1.29 is 0 Å². The Morgan fingerprint density at radius 3 is 2.47 bits per heavy atom. The molecule has 0 aliphatic heterocycles. The van der Waals surface area contributed by atoms with Crippen molar-refractivity contribution in [2.75, 3.05) is 13.1 Å². The summed E-state index contributed by atoms with van der Waals surface area (Å²) in [6, 6.07) is 9.41. The second-order valence-corrected chi connectivity index (χ2v) is 4.66. The van der Waals surface area contributed by atoms with Gasteiger partial charge in [0, 0.05) is 6.04 Å². The zero-order chi connectivity index (χ0) is 12.5. The highest BCUT2D eigenvalue weighted by Crippen LogP contribution is 2.14. The maximum Gasteiger partial charge on any atom is 0.0291 e. The van der Waals surface area contributed by atoms with Crippen molar-refractivity contribution in [3.63, 3.8) is 0 Å². The predicted octanol–water partition coefficient (Wildman–Crippen LogP) is 3.03. The molecule has 0 saturated carbocycles. The molecule has 0 spiro atoms. The highest BCUT2D eigenvalue weighted by atomic mass is 14.9. The fourth-order valence-electron chi connectivity index (χ4n) is 1.89. The normalized spacial score (nSPS) is 12.6. The van der Waals surface area contributed by atoms with Gasteiger partial charge in [-0.3, -0.25) is 0 Å². The first-order chi connectivity index (χ1) is 8.27. The highest BCUT2D eigenvalue weighted by Gasteiger charge is 2.03. The number of benzene rings is 1. The van der Waals surface area contributed by atoms with Crippen molar-refractivity contribution in [3.05, 3.63) is 35.4 Å². The topological polar surface area (TPSA) is 38.0 Å². The van der Waals surface area contributed by atoms with Gasteiger partial charge in [-0.25, -0.2) is 0 Å². The molecule has 0 heterocycles. The first-order valence-corrected chi connectivity index (χ1v) is 6.80. The van der Waals surface area contributed by atoms with Gasteiger partial charge in [-0.2, -0.15) is 0 Å². The van der Waals surface area contributed by atoms with E-state index in [0.29, 0.717) is 6.04 Å². The molecule has 1 aromatic carbocycles. The Labute approximate surface area is 106 Å². The Morgan fingerprint density at radius 2 is 1.88 bits per heavy atom. The van der Waals surface area contributed by atoms with Gasteiger partial charge in [0.25, 0.3) is 0 Å². The maximum atomic E-state index is 5.48. The summed E-state index contributed by atoms with van der Waals surface area (Å²) in [7, 11) is 0. The van der Waals surface area contributed by atoms with Crippen molar-refractivity contribution in [1.29, 1.82) is 0 Å². The first kappa shape index (κ1) is 14.2. The predicted molar refractivity (Wildman–Crippen MR) is 75.1 cm³/mol. The van der Waals surface area contributed by atoms with E-state index in [0.717, 1.165) is 19.5 Å². The van der Waals surface area contributed by atoms with Gasteiger partial charge in [-0.15, -0.1) is 0 Å². The van der Waals surface area contributed by atoms with Gasteiger partial charge in [0.15, 0.2) is 0 Å². The zero-order valence-corrected chi connectivity index (χ0v) is 11.2. The molecule has 0 aromatic heterocycles. The van der Waals surface area contributed by atoms with Crippen molar-refractivity contribution in [2.24, 2.45) is 5.73 Å². The summed E-state index contributed by atoms with van der Waals surface area (Å²) in [6.07, 6.45) is 4.78. The Kier molecular flexibility index (Phi) is 6.90. The summed E-state index contributed by atoms with van der Waals surface area (Å²) >= 11 is 0. The Hall–Kier alpha value is -0.860. The summed E-state index contributed by atoms with van der Waals surface area (Å²) in [5.74, 6) is 0. The molecule has 0 fully saturated rings. The molecular formula is C15H26N2. The molecule has 0 aliphatic carbocycles. The molecule has 0 bridgehead atoms. The van der Waals surface area contributed by atoms with Crippen LogP contribution in [0.1, 0.15) is 50.3 Å². The van der Waals surface area contributed by atoms with E-state index in [1.807, 2.05) is 0 Å². The van der Waals surface area contributed by atoms with Crippen LogP contribution in [0.2, 0.25) is 0 Å². The largest absolute Gasteiger partial charge is 0.330 e. The van der Waals surface area contributed by atoms with Crippen molar-refractivity contribution in [3.8, 4) is 0 Å². The SMILES string of the molecule is CCCCc1ccc(C(C)NCCCN)cc1. The maximum absolute atomic E-state index is 5.48. The van der Waals surface area contributed by atoms with Gasteiger partial charge in [0.05, 0.1) is 0 Å². The lowest BCUT2D eigenvalue weighted by molar-refractivity contribution is 0.561. The van der Waals surface area contributed by atoms with E-state index in [1.165, 1.54) is 30.4 Å². The van der Waals surface area contributed by atoms with Gasteiger partial charge < -0.3 is 11.1 Å². The molecule has 0 aliphatic rings. The standard InChI is InChI=1S/C15H26N2/c1-3-4-6-14-7-9-15(10-8-14)13(2)17-12-5-11-16/h7-10,13,17H,3-6,11-12,16H2,1-2H3. The number of nitrogens with one attached hydrogen (secondary N) is 1. The number of unbranched alkanes of at least 4 members (excludes halogenated alkanes) is 1. The monoisotopic (exact) mass is 234 g/mol. The van der Waals surface area contributed by atoms with Crippen molar-refractivity contribution >= 4 is 0 Å². The van der Waals surface area contributed by atoms with E-state index in [9.17, 15) is 0 Å². The molecule has 2 nitrogen and oxygen atoms in total. The van der Waals surface area contributed by atoms with Crippen LogP contribution in [0.25, 0.3) is 0 Å². The number of hydrogen-bond acceptors (Lipinski definition) is 2. The van der Waals surface area contributed by atoms with Gasteiger partial charge in [0.2, 0.25) is 0 Å². The molecular weight excluding hydrogens is 208 g/mol. The Bertz CT molecular complexity index is 292. The third-order valence-corrected chi connectivity index (χ3v) is 3.13. The fraction of sp³-hybridized carbons (Fsp3) is 0.600. The molecule has 3 N–H and O–H groups in total. The molecule has 17 heavy (non-hydrogen) atoms. The van der Waals surface area contributed by atoms with E-state index in [-0.39, 0.29) is 0 Å². The first-order valence-electron chi connectivity index (χ1n) is 6.80. The van der Waals surface area contributed by atoms with Crippen LogP contribution in [0, 0.1) is 0 Å². The third kappa shape index (κ3) is 5.33. The summed E-state index contributed by atoms with van der Waals surface area (Å²) in [4.78, 5) is 0. The molecule has 1 unspecified atom stereocenters. The molecule has 2 heteroatoms. The fourth-order valence-corrected chi connectivity index (χ4v) is 1.89. The lowest BCUT2D eigenvalue weighted by Crippen LogP contribution is -2.21. The summed E-state index contributed by atoms with van der Waals surface area (Å²) in [6.45, 7) is 6.19.